The van der Waals surface area contributed by atoms with E-state index in [1.54, 1.807) is 24.3 Å². The van der Waals surface area contributed by atoms with E-state index in [0.29, 0.717) is 23.9 Å². The SMILES string of the molecule is O=C(O)CC(O)(CC(=O)N1CCCC(O)(c2ccc(-c3ccc4nc(O)ccc4c3)cc2)C1)C(=O)O. The molecule has 36 heavy (non-hydrogen) atoms. The van der Waals surface area contributed by atoms with Crippen molar-refractivity contribution in [2.45, 2.75) is 36.9 Å². The largest absolute Gasteiger partial charge is 0.493 e. The van der Waals surface area contributed by atoms with E-state index in [-0.39, 0.29) is 19.0 Å². The number of fused-ring (bicyclic) bond motifs is 1. The standard InChI is InChI=1S/C26H26N2O8/c29-21-9-5-18-12-17(4-8-20(18)27-21)16-2-6-19(7-3-16)25(35)10-1-11-28(15-25)22(30)13-26(36,24(33)34)14-23(31)32/h2-9,12,35-36H,1,10-11,13-15H2,(H,27,29)(H,31,32)(H,33,34). The maximum atomic E-state index is 12.8. The van der Waals surface area contributed by atoms with Crippen LogP contribution in [-0.2, 0) is 20.0 Å². The molecule has 1 aromatic heterocycles. The van der Waals surface area contributed by atoms with Crippen LogP contribution in [0.4, 0.5) is 0 Å². The Bertz CT molecular complexity index is 1330. The van der Waals surface area contributed by atoms with Gasteiger partial charge in [-0.05, 0) is 47.7 Å². The molecular formula is C26H26N2O8. The van der Waals surface area contributed by atoms with Crippen LogP contribution < -0.4 is 0 Å². The highest BCUT2D eigenvalue weighted by Gasteiger charge is 2.44. The molecule has 2 atom stereocenters. The molecule has 10 heteroatoms. The number of carbonyl (C=O) groups excluding carboxylic acids is 1. The second-order valence-electron chi connectivity index (χ2n) is 9.19. The summed E-state index contributed by atoms with van der Waals surface area (Å²) >= 11 is 0. The Morgan fingerprint density at radius 1 is 0.972 bits per heavy atom. The van der Waals surface area contributed by atoms with Crippen molar-refractivity contribution in [3.8, 4) is 17.0 Å². The number of carbonyl (C=O) groups is 3. The number of aliphatic hydroxyl groups is 2. The zero-order valence-electron chi connectivity index (χ0n) is 19.3. The van der Waals surface area contributed by atoms with Crippen molar-refractivity contribution in [3.05, 3.63) is 60.2 Å². The van der Waals surface area contributed by atoms with Crippen molar-refractivity contribution in [2.75, 3.05) is 13.1 Å². The third-order valence-electron chi connectivity index (χ3n) is 6.54. The first-order chi connectivity index (χ1) is 17.0. The van der Waals surface area contributed by atoms with E-state index in [4.69, 9.17) is 5.11 Å². The van der Waals surface area contributed by atoms with Crippen molar-refractivity contribution in [2.24, 2.45) is 0 Å². The number of aliphatic carboxylic acids is 2. The quantitative estimate of drug-likeness (QED) is 0.330. The van der Waals surface area contributed by atoms with Crippen LogP contribution in [-0.4, -0.2) is 72.0 Å². The normalized spacial score (nSPS) is 19.6. The number of piperidine rings is 1. The smallest absolute Gasteiger partial charge is 0.336 e. The van der Waals surface area contributed by atoms with Gasteiger partial charge >= 0.3 is 11.9 Å². The molecule has 2 aromatic carbocycles. The second kappa shape index (κ2) is 9.56. The van der Waals surface area contributed by atoms with Crippen molar-refractivity contribution in [1.82, 2.24) is 9.88 Å². The fourth-order valence-corrected chi connectivity index (χ4v) is 4.58. The fourth-order valence-electron chi connectivity index (χ4n) is 4.58. The molecule has 1 saturated heterocycles. The van der Waals surface area contributed by atoms with Gasteiger partial charge in [0.1, 0.15) is 5.60 Å². The Kier molecular flexibility index (Phi) is 6.66. The van der Waals surface area contributed by atoms with E-state index in [1.165, 1.54) is 11.0 Å². The summed E-state index contributed by atoms with van der Waals surface area (Å²) in [7, 11) is 0. The van der Waals surface area contributed by atoms with E-state index < -0.39 is 41.9 Å². The molecule has 1 fully saturated rings. The molecule has 3 aromatic rings. The maximum absolute atomic E-state index is 12.8. The number of carboxylic acid groups (broad SMARTS) is 2. The van der Waals surface area contributed by atoms with Crippen LogP contribution >= 0.6 is 0 Å². The summed E-state index contributed by atoms with van der Waals surface area (Å²) in [5.74, 6) is -4.12. The predicted octanol–water partition coefficient (Wildman–Crippen LogP) is 2.10. The summed E-state index contributed by atoms with van der Waals surface area (Å²) in [6, 6.07) is 16.1. The molecular weight excluding hydrogens is 468 g/mol. The minimum absolute atomic E-state index is 0.0534. The molecule has 0 bridgehead atoms. The van der Waals surface area contributed by atoms with Gasteiger partial charge in [0.2, 0.25) is 11.8 Å². The van der Waals surface area contributed by atoms with Crippen LogP contribution in [0.5, 0.6) is 5.88 Å². The van der Waals surface area contributed by atoms with Gasteiger partial charge in [-0.2, -0.15) is 0 Å². The number of pyridine rings is 1. The summed E-state index contributed by atoms with van der Waals surface area (Å²) in [5, 5.41) is 50.1. The van der Waals surface area contributed by atoms with Crippen molar-refractivity contribution in [1.29, 1.82) is 0 Å². The minimum atomic E-state index is -2.73. The van der Waals surface area contributed by atoms with E-state index >= 15 is 0 Å². The number of likely N-dealkylation sites (tertiary alicyclic amines) is 1. The molecule has 10 nitrogen and oxygen atoms in total. The molecule has 2 heterocycles. The summed E-state index contributed by atoms with van der Waals surface area (Å²) in [5.41, 5.74) is -1.06. The number of hydrogen-bond acceptors (Lipinski definition) is 7. The van der Waals surface area contributed by atoms with Gasteiger partial charge in [-0.3, -0.25) is 9.59 Å². The second-order valence-corrected chi connectivity index (χ2v) is 9.19. The average molecular weight is 495 g/mol. The van der Waals surface area contributed by atoms with Crippen LogP contribution in [0.25, 0.3) is 22.0 Å². The van der Waals surface area contributed by atoms with Crippen molar-refractivity contribution in [3.63, 3.8) is 0 Å². The van der Waals surface area contributed by atoms with E-state index in [0.717, 1.165) is 16.5 Å². The van der Waals surface area contributed by atoms with Gasteiger partial charge in [0.15, 0.2) is 5.60 Å². The van der Waals surface area contributed by atoms with Gasteiger partial charge in [0, 0.05) is 18.0 Å². The number of aromatic nitrogens is 1. The molecule has 1 aliphatic rings. The van der Waals surface area contributed by atoms with Gasteiger partial charge in [0.05, 0.1) is 24.9 Å². The van der Waals surface area contributed by atoms with Crippen LogP contribution in [0, 0.1) is 0 Å². The highest BCUT2D eigenvalue weighted by atomic mass is 16.4. The maximum Gasteiger partial charge on any atom is 0.336 e. The molecule has 0 spiro atoms. The molecule has 0 aliphatic carbocycles. The molecule has 4 rings (SSSR count). The van der Waals surface area contributed by atoms with Crippen molar-refractivity contribution >= 4 is 28.7 Å². The van der Waals surface area contributed by atoms with Crippen LogP contribution in [0.3, 0.4) is 0 Å². The Labute approximate surface area is 206 Å². The lowest BCUT2D eigenvalue weighted by molar-refractivity contribution is -0.170. The van der Waals surface area contributed by atoms with Gasteiger partial charge in [0.25, 0.3) is 0 Å². The number of amides is 1. The van der Waals surface area contributed by atoms with Gasteiger partial charge in [-0.15, -0.1) is 0 Å². The van der Waals surface area contributed by atoms with Crippen LogP contribution in [0.2, 0.25) is 0 Å². The number of hydrogen-bond donors (Lipinski definition) is 5. The fraction of sp³-hybridized carbons (Fsp3) is 0.308. The Hall–Kier alpha value is -4.02. The Balaban J connectivity index is 1.51. The molecule has 0 radical (unpaired) electrons. The monoisotopic (exact) mass is 494 g/mol. The summed E-state index contributed by atoms with van der Waals surface area (Å²) in [4.78, 5) is 40.5. The minimum Gasteiger partial charge on any atom is -0.493 e. The van der Waals surface area contributed by atoms with Crippen LogP contribution in [0.15, 0.2) is 54.6 Å². The molecule has 1 aliphatic heterocycles. The number of nitrogens with zero attached hydrogens (tertiary/aromatic N) is 2. The molecule has 2 unspecified atom stereocenters. The Morgan fingerprint density at radius 3 is 2.33 bits per heavy atom. The third-order valence-corrected chi connectivity index (χ3v) is 6.54. The molecule has 0 saturated carbocycles. The van der Waals surface area contributed by atoms with Gasteiger partial charge in [-0.25, -0.2) is 9.78 Å². The summed E-state index contributed by atoms with van der Waals surface area (Å²) in [6.45, 7) is 0.141. The van der Waals surface area contributed by atoms with E-state index in [2.05, 4.69) is 4.98 Å². The van der Waals surface area contributed by atoms with Gasteiger partial charge in [-0.1, -0.05) is 30.3 Å². The molecule has 1 amide bonds. The van der Waals surface area contributed by atoms with E-state index in [1.807, 2.05) is 24.3 Å². The summed E-state index contributed by atoms with van der Waals surface area (Å²) < 4.78 is 0. The first-order valence-electron chi connectivity index (χ1n) is 11.4. The predicted molar refractivity (Wildman–Crippen MR) is 128 cm³/mol. The Morgan fingerprint density at radius 2 is 1.67 bits per heavy atom. The lowest BCUT2D eigenvalue weighted by atomic mass is 9.84. The first-order valence-corrected chi connectivity index (χ1v) is 11.4. The molecule has 5 N–H and O–H groups in total. The van der Waals surface area contributed by atoms with Crippen LogP contribution in [0.1, 0.15) is 31.2 Å². The first kappa shape index (κ1) is 25.1. The zero-order chi connectivity index (χ0) is 26.1. The average Bonchev–Trinajstić information content (AvgIpc) is 2.83. The number of β-amino-alcohol motifs (C(OH)–C–C–N with tert-alkyl or cyclic N) is 1. The zero-order valence-corrected chi connectivity index (χ0v) is 19.3. The van der Waals surface area contributed by atoms with Crippen molar-refractivity contribution < 1.29 is 39.9 Å². The molecule has 188 valence electrons. The summed E-state index contributed by atoms with van der Waals surface area (Å²) in [6.07, 6.45) is -1.20. The number of carboxylic acids is 2. The topological polar surface area (TPSA) is 168 Å². The lowest BCUT2D eigenvalue weighted by Gasteiger charge is -2.40. The highest BCUT2D eigenvalue weighted by molar-refractivity contribution is 5.90. The van der Waals surface area contributed by atoms with E-state index in [9.17, 15) is 34.8 Å². The van der Waals surface area contributed by atoms with Gasteiger partial charge < -0.3 is 30.4 Å². The number of aromatic hydroxyl groups is 1. The third kappa shape index (κ3) is 5.14. The highest BCUT2D eigenvalue weighted by Crippen LogP contribution is 2.34. The lowest BCUT2D eigenvalue weighted by Crippen LogP contribution is -2.52. The number of rotatable bonds is 7. The number of benzene rings is 2.